The summed E-state index contributed by atoms with van der Waals surface area (Å²) in [5.41, 5.74) is 0. The summed E-state index contributed by atoms with van der Waals surface area (Å²) in [4.78, 5) is 2.54. The molecule has 1 aromatic carbocycles. The van der Waals surface area contributed by atoms with E-state index in [1.165, 1.54) is 19.3 Å². The molecule has 2 rings (SSSR count). The molecule has 0 aliphatic heterocycles. The summed E-state index contributed by atoms with van der Waals surface area (Å²) in [7, 11) is -3.24. The Morgan fingerprint density at radius 3 is 2.33 bits per heavy atom. The summed E-state index contributed by atoms with van der Waals surface area (Å²) in [5, 5.41) is 9.22. The van der Waals surface area contributed by atoms with E-state index in [0.717, 1.165) is 12.8 Å². The molecule has 1 aliphatic rings. The summed E-state index contributed by atoms with van der Waals surface area (Å²) in [5.74, 6) is 0.119. The molecule has 1 aliphatic carbocycles. The Kier molecular flexibility index (Phi) is 6.21. The van der Waals surface area contributed by atoms with Crippen molar-refractivity contribution in [3.05, 3.63) is 30.3 Å². The van der Waals surface area contributed by atoms with Crippen molar-refractivity contribution in [3.8, 4) is 0 Å². The fraction of sp³-hybridized carbons (Fsp3) is 0.625. The number of aliphatic hydroxyl groups excluding tert-OH is 1. The lowest BCUT2D eigenvalue weighted by Gasteiger charge is -2.33. The number of hydrogen-bond donors (Lipinski definition) is 1. The zero-order valence-electron chi connectivity index (χ0n) is 12.4. The zero-order valence-corrected chi connectivity index (χ0v) is 13.3. The molecule has 0 heterocycles. The Labute approximate surface area is 127 Å². The Morgan fingerprint density at radius 2 is 1.71 bits per heavy atom. The SMILES string of the molecule is O=S(=O)(CCN(CCO)C1CCCCC1)c1ccccc1. The van der Waals surface area contributed by atoms with Crippen LogP contribution in [-0.4, -0.2) is 49.9 Å². The normalized spacial score (nSPS) is 17.2. The van der Waals surface area contributed by atoms with Gasteiger partial charge in [-0.25, -0.2) is 8.42 Å². The smallest absolute Gasteiger partial charge is 0.179 e. The Morgan fingerprint density at radius 1 is 1.05 bits per heavy atom. The molecule has 1 fully saturated rings. The van der Waals surface area contributed by atoms with Crippen molar-refractivity contribution in [1.82, 2.24) is 4.90 Å². The third kappa shape index (κ3) is 4.80. The molecule has 0 bridgehead atoms. The first-order valence-corrected chi connectivity index (χ1v) is 9.41. The highest BCUT2D eigenvalue weighted by Crippen LogP contribution is 2.22. The standard InChI is InChI=1S/C16H25NO3S/c18-13-11-17(15-7-3-1-4-8-15)12-14-21(19,20)16-9-5-2-6-10-16/h2,5-6,9-10,15,18H,1,3-4,7-8,11-14H2. The van der Waals surface area contributed by atoms with Gasteiger partial charge < -0.3 is 5.11 Å². The third-order valence-electron chi connectivity index (χ3n) is 4.23. The molecular formula is C16H25NO3S. The summed E-state index contributed by atoms with van der Waals surface area (Å²) >= 11 is 0. The number of hydrogen-bond acceptors (Lipinski definition) is 4. The van der Waals surface area contributed by atoms with Gasteiger partial charge in [0.2, 0.25) is 0 Å². The van der Waals surface area contributed by atoms with E-state index < -0.39 is 9.84 Å². The first-order valence-electron chi connectivity index (χ1n) is 7.76. The molecule has 5 heteroatoms. The van der Waals surface area contributed by atoms with Crippen LogP contribution in [-0.2, 0) is 9.84 Å². The second kappa shape index (κ2) is 7.92. The van der Waals surface area contributed by atoms with E-state index in [4.69, 9.17) is 0 Å². The van der Waals surface area contributed by atoms with E-state index in [2.05, 4.69) is 4.90 Å². The number of rotatable bonds is 7. The lowest BCUT2D eigenvalue weighted by molar-refractivity contribution is 0.131. The molecular weight excluding hydrogens is 286 g/mol. The van der Waals surface area contributed by atoms with Gasteiger partial charge in [0, 0.05) is 19.1 Å². The summed E-state index contributed by atoms with van der Waals surface area (Å²) in [6, 6.07) is 9.04. The molecule has 1 N–H and O–H groups in total. The van der Waals surface area contributed by atoms with Gasteiger partial charge in [-0.05, 0) is 25.0 Å². The highest BCUT2D eigenvalue weighted by molar-refractivity contribution is 7.91. The predicted octanol–water partition coefficient (Wildman–Crippen LogP) is 2.09. The van der Waals surface area contributed by atoms with E-state index in [1.807, 2.05) is 6.07 Å². The minimum absolute atomic E-state index is 0.0852. The van der Waals surface area contributed by atoms with Crippen LogP contribution in [0.2, 0.25) is 0 Å². The number of aliphatic hydroxyl groups is 1. The van der Waals surface area contributed by atoms with Crippen LogP contribution in [0.1, 0.15) is 32.1 Å². The Hall–Kier alpha value is -0.910. The minimum Gasteiger partial charge on any atom is -0.395 e. The van der Waals surface area contributed by atoms with Crippen LogP contribution in [0.4, 0.5) is 0 Å². The summed E-state index contributed by atoms with van der Waals surface area (Å²) in [6.45, 7) is 1.15. The average molecular weight is 311 g/mol. The largest absolute Gasteiger partial charge is 0.395 e. The fourth-order valence-electron chi connectivity index (χ4n) is 3.03. The van der Waals surface area contributed by atoms with Crippen LogP contribution in [0.15, 0.2) is 35.2 Å². The van der Waals surface area contributed by atoms with E-state index in [9.17, 15) is 13.5 Å². The molecule has 21 heavy (non-hydrogen) atoms. The predicted molar refractivity (Wildman–Crippen MR) is 84.0 cm³/mol. The Bertz CT molecular complexity index is 510. The minimum atomic E-state index is -3.24. The van der Waals surface area contributed by atoms with Gasteiger partial charge in [0.05, 0.1) is 17.3 Å². The molecule has 0 amide bonds. The van der Waals surface area contributed by atoms with Gasteiger partial charge in [-0.2, -0.15) is 0 Å². The number of benzene rings is 1. The number of sulfone groups is 1. The van der Waals surface area contributed by atoms with Gasteiger partial charge in [0.25, 0.3) is 0 Å². The maximum atomic E-state index is 12.3. The highest BCUT2D eigenvalue weighted by Gasteiger charge is 2.23. The van der Waals surface area contributed by atoms with Crippen molar-refractivity contribution in [2.45, 2.75) is 43.0 Å². The maximum Gasteiger partial charge on any atom is 0.179 e. The van der Waals surface area contributed by atoms with Gasteiger partial charge in [-0.15, -0.1) is 0 Å². The van der Waals surface area contributed by atoms with Crippen LogP contribution in [0.3, 0.4) is 0 Å². The van der Waals surface area contributed by atoms with Crippen LogP contribution in [0.25, 0.3) is 0 Å². The van der Waals surface area contributed by atoms with Crippen molar-refractivity contribution >= 4 is 9.84 Å². The van der Waals surface area contributed by atoms with Gasteiger partial charge in [0.15, 0.2) is 9.84 Å². The molecule has 0 radical (unpaired) electrons. The maximum absolute atomic E-state index is 12.3. The van der Waals surface area contributed by atoms with E-state index >= 15 is 0 Å². The first-order chi connectivity index (χ1) is 10.1. The van der Waals surface area contributed by atoms with Crippen LogP contribution < -0.4 is 0 Å². The summed E-state index contributed by atoms with van der Waals surface area (Å²) < 4.78 is 24.7. The van der Waals surface area contributed by atoms with Crippen LogP contribution in [0, 0.1) is 0 Å². The van der Waals surface area contributed by atoms with Gasteiger partial charge in [-0.3, -0.25) is 4.90 Å². The van der Waals surface area contributed by atoms with E-state index in [-0.39, 0.29) is 12.4 Å². The van der Waals surface area contributed by atoms with E-state index in [1.54, 1.807) is 24.3 Å². The molecule has 0 atom stereocenters. The fourth-order valence-corrected chi connectivity index (χ4v) is 4.32. The van der Waals surface area contributed by atoms with Crippen molar-refractivity contribution in [1.29, 1.82) is 0 Å². The molecule has 4 nitrogen and oxygen atoms in total. The monoisotopic (exact) mass is 311 g/mol. The Balaban J connectivity index is 1.97. The lowest BCUT2D eigenvalue weighted by Crippen LogP contribution is -2.41. The lowest BCUT2D eigenvalue weighted by atomic mass is 9.94. The first kappa shape index (κ1) is 16.5. The second-order valence-electron chi connectivity index (χ2n) is 5.68. The van der Waals surface area contributed by atoms with Crippen molar-refractivity contribution in [2.24, 2.45) is 0 Å². The van der Waals surface area contributed by atoms with Crippen LogP contribution >= 0.6 is 0 Å². The number of nitrogens with zero attached hydrogens (tertiary/aromatic N) is 1. The quantitative estimate of drug-likeness (QED) is 0.838. The van der Waals surface area contributed by atoms with Gasteiger partial charge >= 0.3 is 0 Å². The molecule has 118 valence electrons. The average Bonchev–Trinajstić information content (AvgIpc) is 2.53. The summed E-state index contributed by atoms with van der Waals surface area (Å²) in [6.07, 6.45) is 5.92. The molecule has 1 aromatic rings. The molecule has 0 aromatic heterocycles. The molecule has 1 saturated carbocycles. The van der Waals surface area contributed by atoms with Gasteiger partial charge in [-0.1, -0.05) is 37.5 Å². The second-order valence-corrected chi connectivity index (χ2v) is 7.79. The van der Waals surface area contributed by atoms with Crippen LogP contribution in [0.5, 0.6) is 0 Å². The molecule has 0 unspecified atom stereocenters. The van der Waals surface area contributed by atoms with Crippen molar-refractivity contribution in [3.63, 3.8) is 0 Å². The van der Waals surface area contributed by atoms with Crippen molar-refractivity contribution < 1.29 is 13.5 Å². The third-order valence-corrected chi connectivity index (χ3v) is 5.94. The van der Waals surface area contributed by atoms with Crippen molar-refractivity contribution in [2.75, 3.05) is 25.4 Å². The topological polar surface area (TPSA) is 57.6 Å². The highest BCUT2D eigenvalue weighted by atomic mass is 32.2. The molecule has 0 saturated heterocycles. The van der Waals surface area contributed by atoms with Gasteiger partial charge in [0.1, 0.15) is 0 Å². The zero-order chi connectivity index (χ0) is 15.1. The van der Waals surface area contributed by atoms with E-state index in [0.29, 0.717) is 24.0 Å². The molecule has 0 spiro atoms.